The zero-order valence-corrected chi connectivity index (χ0v) is 17.5. The standard InChI is InChI=1S/C21H19F2N5O3S/c22-21(23,14-5-2-1-3-6-14)18(29)11-8-15-13-31-20(30)28(15)12-4-7-16-9-10-17(32-16)19-24-26-27-25-19/h1-11,15,18,29H,12-13H2,(H,24,25,26,27)/b7-4+,11-8+. The number of thiophene rings is 1. The highest BCUT2D eigenvalue weighted by Crippen LogP contribution is 2.32. The van der Waals surface area contributed by atoms with Gasteiger partial charge in [-0.05, 0) is 23.4 Å². The molecule has 0 saturated carbocycles. The number of hydrogen-bond donors (Lipinski definition) is 2. The fourth-order valence-corrected chi connectivity index (χ4v) is 4.00. The molecule has 2 unspecified atom stereocenters. The third-order valence-electron chi connectivity index (χ3n) is 4.83. The Labute approximate surface area is 185 Å². The SMILES string of the molecule is O=C1OCC(/C=C/C(O)C(F)(F)c2ccccc2)N1C/C=C/c1ccc(-c2nn[nH]n2)s1. The van der Waals surface area contributed by atoms with E-state index in [-0.39, 0.29) is 18.7 Å². The minimum absolute atomic E-state index is 0.0216. The fourth-order valence-electron chi connectivity index (χ4n) is 3.13. The Balaban J connectivity index is 1.38. The first-order valence-electron chi connectivity index (χ1n) is 9.68. The predicted molar refractivity (Wildman–Crippen MR) is 114 cm³/mol. The Morgan fingerprint density at radius 2 is 2.12 bits per heavy atom. The number of hydrogen-bond acceptors (Lipinski definition) is 7. The van der Waals surface area contributed by atoms with Crippen molar-refractivity contribution in [2.75, 3.05) is 13.2 Å². The number of tetrazole rings is 1. The van der Waals surface area contributed by atoms with Crippen LogP contribution in [0.1, 0.15) is 10.4 Å². The Kier molecular flexibility index (Phi) is 6.37. The highest BCUT2D eigenvalue weighted by molar-refractivity contribution is 7.16. The van der Waals surface area contributed by atoms with Crippen LogP contribution in [-0.2, 0) is 10.7 Å². The molecule has 1 aromatic carbocycles. The molecule has 1 aliphatic heterocycles. The summed E-state index contributed by atoms with van der Waals surface area (Å²) in [6.45, 7) is 0.238. The molecule has 8 nitrogen and oxygen atoms in total. The van der Waals surface area contributed by atoms with Gasteiger partial charge in [0.2, 0.25) is 5.82 Å². The molecule has 0 bridgehead atoms. The summed E-state index contributed by atoms with van der Waals surface area (Å²) >= 11 is 1.45. The molecule has 1 aliphatic rings. The second kappa shape index (κ2) is 9.37. The van der Waals surface area contributed by atoms with E-state index in [9.17, 15) is 18.7 Å². The van der Waals surface area contributed by atoms with E-state index >= 15 is 0 Å². The van der Waals surface area contributed by atoms with Gasteiger partial charge in [-0.3, -0.25) is 4.90 Å². The van der Waals surface area contributed by atoms with Crippen LogP contribution in [-0.4, -0.2) is 62.0 Å². The molecule has 1 fully saturated rings. The first-order chi connectivity index (χ1) is 15.4. The molecule has 3 aromatic rings. The summed E-state index contributed by atoms with van der Waals surface area (Å²) in [5.41, 5.74) is -0.285. The van der Waals surface area contributed by atoms with E-state index < -0.39 is 24.2 Å². The molecule has 0 radical (unpaired) electrons. The molecule has 0 aliphatic carbocycles. The quantitative estimate of drug-likeness (QED) is 0.500. The normalized spacial score (nSPS) is 18.0. The molecule has 32 heavy (non-hydrogen) atoms. The van der Waals surface area contributed by atoms with Gasteiger partial charge in [-0.1, -0.05) is 48.6 Å². The lowest BCUT2D eigenvalue weighted by molar-refractivity contribution is -0.0929. The lowest BCUT2D eigenvalue weighted by Crippen LogP contribution is -2.33. The highest BCUT2D eigenvalue weighted by Gasteiger charge is 2.39. The number of cyclic esters (lactones) is 1. The van der Waals surface area contributed by atoms with Crippen molar-refractivity contribution in [2.45, 2.75) is 18.1 Å². The van der Waals surface area contributed by atoms with Crippen molar-refractivity contribution in [1.29, 1.82) is 0 Å². The molecule has 1 saturated heterocycles. The molecule has 166 valence electrons. The maximum absolute atomic E-state index is 14.5. The first-order valence-corrected chi connectivity index (χ1v) is 10.5. The lowest BCUT2D eigenvalue weighted by Gasteiger charge is -2.21. The van der Waals surface area contributed by atoms with Crippen LogP contribution < -0.4 is 0 Å². The number of alkyl halides is 2. The molecule has 3 heterocycles. The van der Waals surface area contributed by atoms with E-state index in [0.717, 1.165) is 15.8 Å². The molecule has 2 atom stereocenters. The number of amides is 1. The zero-order valence-electron chi connectivity index (χ0n) is 16.6. The summed E-state index contributed by atoms with van der Waals surface area (Å²) in [6.07, 6.45) is 3.40. The number of carbonyl (C=O) groups excluding carboxylic acids is 1. The van der Waals surface area contributed by atoms with Gasteiger partial charge >= 0.3 is 12.0 Å². The molecule has 0 spiro atoms. The van der Waals surface area contributed by atoms with Gasteiger partial charge in [0.05, 0.1) is 10.9 Å². The van der Waals surface area contributed by atoms with E-state index in [1.807, 2.05) is 18.2 Å². The lowest BCUT2D eigenvalue weighted by atomic mass is 10.0. The Bertz CT molecular complexity index is 1100. The number of benzene rings is 1. The maximum Gasteiger partial charge on any atom is 0.410 e. The van der Waals surface area contributed by atoms with Gasteiger partial charge in [0.25, 0.3) is 0 Å². The molecular formula is C21H19F2N5O3S. The average molecular weight is 459 g/mol. The number of aromatic amines is 1. The van der Waals surface area contributed by atoms with E-state index in [2.05, 4.69) is 20.6 Å². The summed E-state index contributed by atoms with van der Waals surface area (Å²) in [6, 6.07) is 10.3. The number of rotatable bonds is 8. The van der Waals surface area contributed by atoms with Gasteiger partial charge in [0, 0.05) is 17.0 Å². The van der Waals surface area contributed by atoms with Crippen molar-refractivity contribution in [1.82, 2.24) is 25.5 Å². The van der Waals surface area contributed by atoms with Crippen molar-refractivity contribution < 1.29 is 23.4 Å². The van der Waals surface area contributed by atoms with Crippen LogP contribution in [0.4, 0.5) is 13.6 Å². The minimum atomic E-state index is -3.46. The monoisotopic (exact) mass is 459 g/mol. The molecule has 1 amide bonds. The van der Waals surface area contributed by atoms with Gasteiger partial charge in [-0.2, -0.15) is 14.0 Å². The number of aliphatic hydroxyl groups excluding tert-OH is 1. The number of aromatic nitrogens is 4. The Morgan fingerprint density at radius 1 is 1.31 bits per heavy atom. The fraction of sp³-hybridized carbons (Fsp3) is 0.238. The molecule has 4 rings (SSSR count). The van der Waals surface area contributed by atoms with Crippen LogP contribution in [0.15, 0.2) is 60.7 Å². The van der Waals surface area contributed by atoms with Crippen molar-refractivity contribution in [3.8, 4) is 10.7 Å². The molecule has 2 N–H and O–H groups in total. The summed E-state index contributed by atoms with van der Waals surface area (Å²) < 4.78 is 34.0. The van der Waals surface area contributed by atoms with Crippen LogP contribution in [0.2, 0.25) is 0 Å². The Hall–Kier alpha value is -3.44. The van der Waals surface area contributed by atoms with Gasteiger partial charge < -0.3 is 9.84 Å². The molecular weight excluding hydrogens is 440 g/mol. The number of ether oxygens (including phenoxy) is 1. The topological polar surface area (TPSA) is 104 Å². The van der Waals surface area contributed by atoms with E-state index in [1.54, 1.807) is 12.1 Å². The van der Waals surface area contributed by atoms with Crippen LogP contribution >= 0.6 is 11.3 Å². The second-order valence-corrected chi connectivity index (χ2v) is 8.07. The molecule has 11 heteroatoms. The van der Waals surface area contributed by atoms with E-state index in [4.69, 9.17) is 4.74 Å². The van der Waals surface area contributed by atoms with Crippen molar-refractivity contribution in [2.24, 2.45) is 0 Å². The Morgan fingerprint density at radius 3 is 2.88 bits per heavy atom. The zero-order chi connectivity index (χ0) is 22.6. The first kappa shape index (κ1) is 21.8. The van der Waals surface area contributed by atoms with Crippen LogP contribution in [0.25, 0.3) is 16.8 Å². The van der Waals surface area contributed by atoms with Crippen LogP contribution in [0.3, 0.4) is 0 Å². The molecule has 2 aromatic heterocycles. The van der Waals surface area contributed by atoms with E-state index in [0.29, 0.717) is 5.82 Å². The van der Waals surface area contributed by atoms with Crippen molar-refractivity contribution in [3.63, 3.8) is 0 Å². The van der Waals surface area contributed by atoms with Gasteiger partial charge in [0.1, 0.15) is 12.7 Å². The second-order valence-electron chi connectivity index (χ2n) is 6.96. The number of nitrogens with zero attached hydrogens (tertiary/aromatic N) is 4. The van der Waals surface area contributed by atoms with Crippen LogP contribution in [0.5, 0.6) is 0 Å². The average Bonchev–Trinajstić information content (AvgIpc) is 3.55. The number of halogens is 2. The third kappa shape index (κ3) is 4.73. The van der Waals surface area contributed by atoms with Crippen molar-refractivity contribution in [3.05, 3.63) is 71.1 Å². The minimum Gasteiger partial charge on any atom is -0.447 e. The van der Waals surface area contributed by atoms with Gasteiger partial charge in [0.15, 0.2) is 0 Å². The van der Waals surface area contributed by atoms with E-state index in [1.165, 1.54) is 46.6 Å². The van der Waals surface area contributed by atoms with Gasteiger partial charge in [-0.15, -0.1) is 21.5 Å². The summed E-state index contributed by atoms with van der Waals surface area (Å²) in [7, 11) is 0. The van der Waals surface area contributed by atoms with Gasteiger partial charge in [-0.25, -0.2) is 4.79 Å². The largest absolute Gasteiger partial charge is 0.447 e. The van der Waals surface area contributed by atoms with Crippen molar-refractivity contribution >= 4 is 23.5 Å². The maximum atomic E-state index is 14.5. The number of carbonyl (C=O) groups is 1. The summed E-state index contributed by atoms with van der Waals surface area (Å²) in [5.74, 6) is -2.96. The van der Waals surface area contributed by atoms with Crippen LogP contribution in [0, 0.1) is 0 Å². The number of aliphatic hydroxyl groups is 1. The number of nitrogens with one attached hydrogen (secondary N) is 1. The third-order valence-corrected chi connectivity index (χ3v) is 5.88. The number of H-pyrrole nitrogens is 1. The smallest absolute Gasteiger partial charge is 0.410 e. The highest BCUT2D eigenvalue weighted by atomic mass is 32.1. The summed E-state index contributed by atoms with van der Waals surface area (Å²) in [4.78, 5) is 15.2. The summed E-state index contributed by atoms with van der Waals surface area (Å²) in [5, 5.41) is 23.8. The predicted octanol–water partition coefficient (Wildman–Crippen LogP) is 3.47.